The maximum absolute atomic E-state index is 13.1. The van der Waals surface area contributed by atoms with Crippen LogP contribution in [-0.4, -0.2) is 55.0 Å². The van der Waals surface area contributed by atoms with E-state index < -0.39 is 0 Å². The van der Waals surface area contributed by atoms with Gasteiger partial charge in [0.2, 0.25) is 5.82 Å². The summed E-state index contributed by atoms with van der Waals surface area (Å²) in [7, 11) is 0. The molecule has 10 heteroatoms. The number of carbonyl (C=O) groups is 1. The van der Waals surface area contributed by atoms with Crippen molar-refractivity contribution < 1.29 is 4.79 Å². The predicted molar refractivity (Wildman–Crippen MR) is 106 cm³/mol. The van der Waals surface area contributed by atoms with E-state index in [-0.39, 0.29) is 42.6 Å². The zero-order valence-electron chi connectivity index (χ0n) is 15.0. The summed E-state index contributed by atoms with van der Waals surface area (Å²) in [5.41, 5.74) is 2.75. The number of aromatic nitrogens is 5. The molecule has 4 rings (SSSR count). The minimum Gasteiger partial charge on any atom is -0.326 e. The Bertz CT molecular complexity index is 932. The highest BCUT2D eigenvalue weighted by atomic mass is 35.5. The fourth-order valence-corrected chi connectivity index (χ4v) is 3.20. The van der Waals surface area contributed by atoms with Crippen molar-refractivity contribution in [1.29, 1.82) is 0 Å². The standard InChI is InChI=1S/C17H19N7O.2ClH/c1-11-8-12(2)24-17(20-11)21-15(22-24)16(25)23-7-6-19-10-14(23)13-4-3-5-18-9-13;;/h3-5,8-9,14,19H,6-7,10H2,1-2H3;2*1H. The predicted octanol–water partition coefficient (Wildman–Crippen LogP) is 1.77. The van der Waals surface area contributed by atoms with Crippen LogP contribution in [-0.2, 0) is 0 Å². The quantitative estimate of drug-likeness (QED) is 0.693. The third kappa shape index (κ3) is 4.02. The molecule has 3 aromatic rings. The highest BCUT2D eigenvalue weighted by Crippen LogP contribution is 2.23. The molecule has 1 N–H and O–H groups in total. The van der Waals surface area contributed by atoms with E-state index in [1.807, 2.05) is 36.9 Å². The second kappa shape index (κ2) is 8.60. The monoisotopic (exact) mass is 409 g/mol. The first-order valence-corrected chi connectivity index (χ1v) is 8.26. The van der Waals surface area contributed by atoms with Crippen LogP contribution in [0.3, 0.4) is 0 Å². The maximum Gasteiger partial charge on any atom is 0.294 e. The highest BCUT2D eigenvalue weighted by molar-refractivity contribution is 5.91. The van der Waals surface area contributed by atoms with Gasteiger partial charge < -0.3 is 10.2 Å². The second-order valence-corrected chi connectivity index (χ2v) is 6.19. The average molecular weight is 410 g/mol. The van der Waals surface area contributed by atoms with Crippen molar-refractivity contribution in [2.45, 2.75) is 19.9 Å². The Labute approximate surface area is 169 Å². The summed E-state index contributed by atoms with van der Waals surface area (Å²) in [6, 6.07) is 5.69. The Kier molecular flexibility index (Phi) is 6.69. The molecule has 1 atom stereocenters. The normalized spacial score (nSPS) is 16.5. The number of fused-ring (bicyclic) bond motifs is 1. The van der Waals surface area contributed by atoms with E-state index in [9.17, 15) is 4.79 Å². The van der Waals surface area contributed by atoms with Gasteiger partial charge in [0.1, 0.15) is 0 Å². The molecule has 1 aliphatic heterocycles. The van der Waals surface area contributed by atoms with Gasteiger partial charge in [0.25, 0.3) is 11.7 Å². The number of hydrogen-bond acceptors (Lipinski definition) is 6. The summed E-state index contributed by atoms with van der Waals surface area (Å²) in [6.07, 6.45) is 3.52. The van der Waals surface area contributed by atoms with Crippen LogP contribution >= 0.6 is 24.8 Å². The number of hydrogen-bond donors (Lipinski definition) is 1. The molecule has 0 aromatic carbocycles. The first kappa shape index (κ1) is 21.0. The largest absolute Gasteiger partial charge is 0.326 e. The molecule has 144 valence electrons. The lowest BCUT2D eigenvalue weighted by Crippen LogP contribution is -2.49. The number of rotatable bonds is 2. The number of halogens is 2. The molecule has 1 amide bonds. The van der Waals surface area contributed by atoms with Crippen LogP contribution in [0.4, 0.5) is 0 Å². The fourth-order valence-electron chi connectivity index (χ4n) is 3.20. The van der Waals surface area contributed by atoms with Gasteiger partial charge in [0.05, 0.1) is 6.04 Å². The molecule has 1 aliphatic rings. The number of pyridine rings is 1. The van der Waals surface area contributed by atoms with Crippen LogP contribution in [0.1, 0.15) is 33.6 Å². The molecule has 8 nitrogen and oxygen atoms in total. The van der Waals surface area contributed by atoms with Crippen molar-refractivity contribution in [2.24, 2.45) is 0 Å². The third-order valence-electron chi connectivity index (χ3n) is 4.38. The van der Waals surface area contributed by atoms with Crippen LogP contribution < -0.4 is 5.32 Å². The average Bonchev–Trinajstić information content (AvgIpc) is 3.06. The molecule has 0 radical (unpaired) electrons. The zero-order chi connectivity index (χ0) is 17.4. The zero-order valence-corrected chi connectivity index (χ0v) is 16.6. The molecule has 4 heterocycles. The van der Waals surface area contributed by atoms with E-state index in [1.54, 1.807) is 16.9 Å². The van der Waals surface area contributed by atoms with Crippen LogP contribution in [0.5, 0.6) is 0 Å². The number of aryl methyl sites for hydroxylation is 2. The highest BCUT2D eigenvalue weighted by Gasteiger charge is 2.31. The molecule has 1 saturated heterocycles. The minimum atomic E-state index is -0.182. The molecular formula is C17H21Cl2N7O. The second-order valence-electron chi connectivity index (χ2n) is 6.19. The Hall–Kier alpha value is -2.29. The lowest BCUT2D eigenvalue weighted by Gasteiger charge is -2.35. The van der Waals surface area contributed by atoms with Gasteiger partial charge >= 0.3 is 0 Å². The van der Waals surface area contributed by atoms with Crippen molar-refractivity contribution in [2.75, 3.05) is 19.6 Å². The Morgan fingerprint density at radius 2 is 2.07 bits per heavy atom. The van der Waals surface area contributed by atoms with Gasteiger partial charge in [0, 0.05) is 43.4 Å². The maximum atomic E-state index is 13.1. The first-order valence-electron chi connectivity index (χ1n) is 8.26. The Morgan fingerprint density at radius 1 is 1.26 bits per heavy atom. The van der Waals surface area contributed by atoms with Gasteiger partial charge in [0.15, 0.2) is 0 Å². The lowest BCUT2D eigenvalue weighted by atomic mass is 10.1. The molecule has 0 saturated carbocycles. The van der Waals surface area contributed by atoms with E-state index in [0.717, 1.165) is 23.5 Å². The Morgan fingerprint density at radius 3 is 2.81 bits per heavy atom. The number of piperazine rings is 1. The summed E-state index contributed by atoms with van der Waals surface area (Å²) < 4.78 is 1.61. The summed E-state index contributed by atoms with van der Waals surface area (Å²) in [4.78, 5) is 27.8. The van der Waals surface area contributed by atoms with Gasteiger partial charge in [-0.25, -0.2) is 9.50 Å². The van der Waals surface area contributed by atoms with Crippen LogP contribution in [0.25, 0.3) is 5.78 Å². The summed E-state index contributed by atoms with van der Waals surface area (Å²) in [5, 5.41) is 7.71. The van der Waals surface area contributed by atoms with Crippen LogP contribution in [0.2, 0.25) is 0 Å². The Balaban J connectivity index is 0.00000131. The van der Waals surface area contributed by atoms with Crippen molar-refractivity contribution in [3.63, 3.8) is 0 Å². The van der Waals surface area contributed by atoms with Crippen molar-refractivity contribution in [3.05, 3.63) is 53.4 Å². The molecular weight excluding hydrogens is 389 g/mol. The van der Waals surface area contributed by atoms with Crippen LogP contribution in [0, 0.1) is 13.8 Å². The van der Waals surface area contributed by atoms with Gasteiger partial charge in [-0.2, -0.15) is 4.98 Å². The topological polar surface area (TPSA) is 88.3 Å². The van der Waals surface area contributed by atoms with Gasteiger partial charge in [-0.15, -0.1) is 29.9 Å². The van der Waals surface area contributed by atoms with Gasteiger partial charge in [-0.3, -0.25) is 9.78 Å². The lowest BCUT2D eigenvalue weighted by molar-refractivity contribution is 0.0621. The van der Waals surface area contributed by atoms with Crippen molar-refractivity contribution in [3.8, 4) is 0 Å². The smallest absolute Gasteiger partial charge is 0.294 e. The van der Waals surface area contributed by atoms with Gasteiger partial charge in [-0.05, 0) is 31.5 Å². The number of amides is 1. The molecule has 1 fully saturated rings. The van der Waals surface area contributed by atoms with Crippen molar-refractivity contribution in [1.82, 2.24) is 34.8 Å². The molecule has 0 bridgehead atoms. The van der Waals surface area contributed by atoms with E-state index in [1.165, 1.54) is 0 Å². The summed E-state index contributed by atoms with van der Waals surface area (Å²) >= 11 is 0. The number of nitrogens with one attached hydrogen (secondary N) is 1. The summed E-state index contributed by atoms with van der Waals surface area (Å²) in [5.74, 6) is 0.448. The van der Waals surface area contributed by atoms with Crippen LogP contribution in [0.15, 0.2) is 30.6 Å². The van der Waals surface area contributed by atoms with E-state index in [0.29, 0.717) is 18.9 Å². The molecule has 0 spiro atoms. The van der Waals surface area contributed by atoms with Gasteiger partial charge in [-0.1, -0.05) is 6.07 Å². The third-order valence-corrected chi connectivity index (χ3v) is 4.38. The van der Waals surface area contributed by atoms with Crippen molar-refractivity contribution >= 4 is 36.5 Å². The van der Waals surface area contributed by atoms with E-state index in [4.69, 9.17) is 0 Å². The number of carbonyl (C=O) groups excluding carboxylic acids is 1. The molecule has 27 heavy (non-hydrogen) atoms. The van der Waals surface area contributed by atoms with E-state index >= 15 is 0 Å². The SMILES string of the molecule is Cc1cc(C)n2nc(C(=O)N3CCNCC3c3cccnc3)nc2n1.Cl.Cl. The molecule has 1 unspecified atom stereocenters. The minimum absolute atomic E-state index is 0. The summed E-state index contributed by atoms with van der Waals surface area (Å²) in [6.45, 7) is 5.85. The molecule has 3 aromatic heterocycles. The molecule has 0 aliphatic carbocycles. The first-order chi connectivity index (χ1) is 12.1. The fraction of sp³-hybridized carbons (Fsp3) is 0.353. The van der Waals surface area contributed by atoms with E-state index in [2.05, 4.69) is 25.4 Å². The number of nitrogens with zero attached hydrogens (tertiary/aromatic N) is 6.